The zero-order valence-electron chi connectivity index (χ0n) is 25.0. The molecule has 0 bridgehead atoms. The Morgan fingerprint density at radius 3 is 1.62 bits per heavy atom. The lowest BCUT2D eigenvalue weighted by Crippen LogP contribution is -2.36. The zero-order chi connectivity index (χ0) is 28.8. The van der Waals surface area contributed by atoms with Crippen LogP contribution in [0, 0.1) is 5.41 Å². The fourth-order valence-corrected chi connectivity index (χ4v) is 5.17. The maximum Gasteiger partial charge on any atom is 0.226 e. The van der Waals surface area contributed by atoms with Crippen LogP contribution in [0.3, 0.4) is 0 Å². The summed E-state index contributed by atoms with van der Waals surface area (Å²) in [5.41, 5.74) is 5.57. The van der Waals surface area contributed by atoms with Crippen LogP contribution in [0.1, 0.15) is 77.7 Å². The number of benzene rings is 3. The van der Waals surface area contributed by atoms with Crippen LogP contribution in [0.4, 0.5) is 23.0 Å². The summed E-state index contributed by atoms with van der Waals surface area (Å²) < 4.78 is 0. The van der Waals surface area contributed by atoms with Gasteiger partial charge in [-0.1, -0.05) is 63.2 Å². The van der Waals surface area contributed by atoms with Crippen molar-refractivity contribution in [2.45, 2.75) is 79.3 Å². The summed E-state index contributed by atoms with van der Waals surface area (Å²) in [6.45, 7) is 15.5. The van der Waals surface area contributed by atoms with Crippen molar-refractivity contribution in [2.75, 3.05) is 16.0 Å². The van der Waals surface area contributed by atoms with Gasteiger partial charge in [0, 0.05) is 41.5 Å². The number of anilines is 4. The first kappa shape index (κ1) is 29.1. The molecule has 3 aromatic carbocycles. The fourth-order valence-electron chi connectivity index (χ4n) is 5.17. The van der Waals surface area contributed by atoms with Gasteiger partial charge in [-0.25, -0.2) is 4.98 Å². The third-order valence-electron chi connectivity index (χ3n) is 6.30. The first-order chi connectivity index (χ1) is 18.9. The first-order valence-corrected chi connectivity index (χ1v) is 14.2. The molecule has 6 heteroatoms. The average Bonchev–Trinajstić information content (AvgIpc) is 2.85. The molecule has 0 saturated heterocycles. The number of hydrogen-bond donors (Lipinski definition) is 3. The topological polar surface area (TPSA) is 74.8 Å². The molecular weight excluding hydrogens is 492 g/mol. The van der Waals surface area contributed by atoms with Crippen molar-refractivity contribution < 1.29 is 0 Å². The largest absolute Gasteiger partial charge is 0.383 e. The van der Waals surface area contributed by atoms with E-state index in [1.54, 1.807) is 0 Å². The fraction of sp³-hybridized carbons (Fsp3) is 0.382. The Hall–Kier alpha value is -3.93. The van der Waals surface area contributed by atoms with Gasteiger partial charge in [-0.3, -0.25) is 0 Å². The van der Waals surface area contributed by atoms with Crippen LogP contribution < -0.4 is 16.0 Å². The Balaban J connectivity index is 1.55. The van der Waals surface area contributed by atoms with Gasteiger partial charge in [0.15, 0.2) is 0 Å². The Morgan fingerprint density at radius 2 is 1.12 bits per heavy atom. The number of aromatic nitrogens is 3. The summed E-state index contributed by atoms with van der Waals surface area (Å²) in [5.74, 6) is 2.17. The molecular formula is C34H44N6. The van der Waals surface area contributed by atoms with Crippen molar-refractivity contribution in [3.63, 3.8) is 0 Å². The van der Waals surface area contributed by atoms with Crippen LogP contribution in [-0.2, 0) is 12.8 Å². The Bertz CT molecular complexity index is 1350. The van der Waals surface area contributed by atoms with Crippen LogP contribution in [0.2, 0.25) is 0 Å². The predicted molar refractivity (Wildman–Crippen MR) is 169 cm³/mol. The molecule has 3 N–H and O–H groups in total. The van der Waals surface area contributed by atoms with E-state index in [0.717, 1.165) is 40.7 Å². The minimum atomic E-state index is -0.164. The first-order valence-electron chi connectivity index (χ1n) is 14.2. The van der Waals surface area contributed by atoms with E-state index < -0.39 is 0 Å². The summed E-state index contributed by atoms with van der Waals surface area (Å²) in [6.07, 6.45) is 2.26. The molecule has 0 fully saturated rings. The standard InChI is InChI=1S/C34H44N6/c1-24(2)35-28-17-13-25(14-18-28)21-30-37-31(39-32(38-30)40-34(6,7)23-33(3,4)5)22-26-15-19-29(20-16-26)36-27-11-9-8-10-12-27/h8-20,24,35-36H,21-23H2,1-7H3,(H,37,38,39,40). The predicted octanol–water partition coefficient (Wildman–Crippen LogP) is 8.24. The Morgan fingerprint density at radius 1 is 0.625 bits per heavy atom. The van der Waals surface area contributed by atoms with E-state index in [-0.39, 0.29) is 11.0 Å². The molecule has 0 aliphatic rings. The number of nitrogens with one attached hydrogen (secondary N) is 3. The molecule has 210 valence electrons. The molecule has 0 atom stereocenters. The number of rotatable bonds is 11. The maximum absolute atomic E-state index is 4.90. The van der Waals surface area contributed by atoms with E-state index in [1.807, 2.05) is 18.2 Å². The number of nitrogens with zero attached hydrogens (tertiary/aromatic N) is 3. The Labute approximate surface area is 240 Å². The van der Waals surface area contributed by atoms with Gasteiger partial charge in [0.1, 0.15) is 11.6 Å². The van der Waals surface area contributed by atoms with Crippen LogP contribution >= 0.6 is 0 Å². The van der Waals surface area contributed by atoms with Crippen molar-refractivity contribution in [1.82, 2.24) is 15.0 Å². The molecule has 40 heavy (non-hydrogen) atoms. The van der Waals surface area contributed by atoms with Gasteiger partial charge in [-0.15, -0.1) is 0 Å². The smallest absolute Gasteiger partial charge is 0.226 e. The molecule has 6 nitrogen and oxygen atoms in total. The number of hydrogen-bond acceptors (Lipinski definition) is 6. The van der Waals surface area contributed by atoms with Gasteiger partial charge < -0.3 is 16.0 Å². The van der Waals surface area contributed by atoms with Gasteiger partial charge in [-0.05, 0) is 87.1 Å². The van der Waals surface area contributed by atoms with E-state index in [0.29, 0.717) is 24.8 Å². The highest BCUT2D eigenvalue weighted by Gasteiger charge is 2.26. The van der Waals surface area contributed by atoms with Crippen molar-refractivity contribution in [1.29, 1.82) is 0 Å². The van der Waals surface area contributed by atoms with Crippen LogP contribution in [0.25, 0.3) is 0 Å². The second-order valence-corrected chi connectivity index (χ2v) is 12.8. The van der Waals surface area contributed by atoms with Crippen LogP contribution in [0.15, 0.2) is 78.9 Å². The second kappa shape index (κ2) is 12.5. The highest BCUT2D eigenvalue weighted by Crippen LogP contribution is 2.29. The molecule has 1 heterocycles. The normalized spacial score (nSPS) is 11.9. The quantitative estimate of drug-likeness (QED) is 0.179. The molecule has 4 rings (SSSR count). The lowest BCUT2D eigenvalue weighted by atomic mass is 9.82. The SMILES string of the molecule is CC(C)Nc1ccc(Cc2nc(Cc3ccc(Nc4ccccc4)cc3)nc(NC(C)(C)CC(C)(C)C)n2)cc1. The zero-order valence-corrected chi connectivity index (χ0v) is 25.0. The van der Waals surface area contributed by atoms with Crippen LogP contribution in [0.5, 0.6) is 0 Å². The minimum Gasteiger partial charge on any atom is -0.383 e. The monoisotopic (exact) mass is 536 g/mol. The Kier molecular flexibility index (Phi) is 9.08. The maximum atomic E-state index is 4.90. The van der Waals surface area contributed by atoms with Crippen molar-refractivity contribution in [3.05, 3.63) is 102 Å². The minimum absolute atomic E-state index is 0.164. The van der Waals surface area contributed by atoms with Gasteiger partial charge >= 0.3 is 0 Å². The molecule has 1 aromatic heterocycles. The van der Waals surface area contributed by atoms with E-state index in [2.05, 4.69) is 125 Å². The van der Waals surface area contributed by atoms with Crippen LogP contribution in [-0.4, -0.2) is 26.5 Å². The van der Waals surface area contributed by atoms with Gasteiger partial charge in [0.25, 0.3) is 0 Å². The summed E-state index contributed by atoms with van der Waals surface area (Å²) in [5, 5.41) is 10.5. The van der Waals surface area contributed by atoms with Crippen molar-refractivity contribution in [2.24, 2.45) is 5.41 Å². The lowest BCUT2D eigenvalue weighted by molar-refractivity contribution is 0.301. The third-order valence-corrected chi connectivity index (χ3v) is 6.30. The summed E-state index contributed by atoms with van der Waals surface area (Å²) in [4.78, 5) is 14.6. The average molecular weight is 537 g/mol. The van der Waals surface area contributed by atoms with Crippen molar-refractivity contribution in [3.8, 4) is 0 Å². The highest BCUT2D eigenvalue weighted by molar-refractivity contribution is 5.59. The van der Waals surface area contributed by atoms with Gasteiger partial charge in [-0.2, -0.15) is 9.97 Å². The van der Waals surface area contributed by atoms with E-state index in [9.17, 15) is 0 Å². The number of para-hydroxylation sites is 1. The van der Waals surface area contributed by atoms with E-state index in [1.165, 1.54) is 5.56 Å². The molecule has 0 amide bonds. The van der Waals surface area contributed by atoms with Crippen molar-refractivity contribution >= 4 is 23.0 Å². The highest BCUT2D eigenvalue weighted by atomic mass is 15.2. The molecule has 0 radical (unpaired) electrons. The summed E-state index contributed by atoms with van der Waals surface area (Å²) in [7, 11) is 0. The molecule has 0 aliphatic carbocycles. The molecule has 0 spiro atoms. The lowest BCUT2D eigenvalue weighted by Gasteiger charge is -2.33. The third kappa shape index (κ3) is 9.37. The molecule has 0 aliphatic heterocycles. The molecule has 0 saturated carbocycles. The summed E-state index contributed by atoms with van der Waals surface area (Å²) >= 11 is 0. The van der Waals surface area contributed by atoms with Gasteiger partial charge in [0.2, 0.25) is 5.95 Å². The second-order valence-electron chi connectivity index (χ2n) is 12.8. The molecule has 0 unspecified atom stereocenters. The molecule has 4 aromatic rings. The van der Waals surface area contributed by atoms with E-state index in [4.69, 9.17) is 15.0 Å². The van der Waals surface area contributed by atoms with Gasteiger partial charge in [0.05, 0.1) is 0 Å². The summed E-state index contributed by atoms with van der Waals surface area (Å²) in [6, 6.07) is 27.6. The van der Waals surface area contributed by atoms with E-state index >= 15 is 0 Å².